The van der Waals surface area contributed by atoms with Gasteiger partial charge in [-0.25, -0.2) is 4.79 Å². The van der Waals surface area contributed by atoms with Gasteiger partial charge in [0.15, 0.2) is 0 Å². The van der Waals surface area contributed by atoms with Gasteiger partial charge in [0.05, 0.1) is 13.7 Å². The van der Waals surface area contributed by atoms with E-state index in [1.807, 2.05) is 0 Å². The van der Waals surface area contributed by atoms with Crippen LogP contribution in [0.15, 0.2) is 0 Å². The number of nitrogens with one attached hydrogen (secondary N) is 1. The Balaban J connectivity index is 2.18. The lowest BCUT2D eigenvalue weighted by atomic mass is 10.3. The molecular formula is C12H23N3O3. The molecule has 1 aliphatic rings. The van der Waals surface area contributed by atoms with E-state index in [0.717, 1.165) is 32.5 Å². The molecule has 0 spiro atoms. The normalized spacial score (nSPS) is 16.4. The Bertz CT molecular complexity index is 276. The largest absolute Gasteiger partial charge is 0.453 e. The molecule has 104 valence electrons. The van der Waals surface area contributed by atoms with Crippen LogP contribution in [0.1, 0.15) is 19.8 Å². The minimum atomic E-state index is -0.290. The topological polar surface area (TPSA) is 61.9 Å². The fourth-order valence-electron chi connectivity index (χ4n) is 1.88. The van der Waals surface area contributed by atoms with Gasteiger partial charge >= 0.3 is 6.09 Å². The van der Waals surface area contributed by atoms with E-state index in [-0.39, 0.29) is 12.0 Å². The van der Waals surface area contributed by atoms with Crippen molar-refractivity contribution in [1.82, 2.24) is 15.1 Å². The minimum Gasteiger partial charge on any atom is -0.453 e. The van der Waals surface area contributed by atoms with E-state index in [2.05, 4.69) is 21.9 Å². The van der Waals surface area contributed by atoms with Crippen LogP contribution in [0.5, 0.6) is 0 Å². The van der Waals surface area contributed by atoms with Gasteiger partial charge in [0.25, 0.3) is 0 Å². The quantitative estimate of drug-likeness (QED) is 0.719. The van der Waals surface area contributed by atoms with Gasteiger partial charge in [0.1, 0.15) is 0 Å². The maximum Gasteiger partial charge on any atom is 0.409 e. The summed E-state index contributed by atoms with van der Waals surface area (Å²) in [5.74, 6) is 0.0648. The minimum absolute atomic E-state index is 0.0648. The predicted molar refractivity (Wildman–Crippen MR) is 68.3 cm³/mol. The number of nitrogens with zero attached hydrogens (tertiary/aromatic N) is 2. The molecule has 0 aliphatic carbocycles. The van der Waals surface area contributed by atoms with Gasteiger partial charge in [0.2, 0.25) is 5.91 Å². The maximum absolute atomic E-state index is 11.6. The van der Waals surface area contributed by atoms with Crippen molar-refractivity contribution in [2.24, 2.45) is 0 Å². The molecule has 1 rings (SSSR count). The van der Waals surface area contributed by atoms with Crippen LogP contribution >= 0.6 is 0 Å². The first-order valence-electron chi connectivity index (χ1n) is 6.49. The highest BCUT2D eigenvalue weighted by atomic mass is 16.5. The third-order valence-electron chi connectivity index (χ3n) is 3.02. The second-order valence-electron chi connectivity index (χ2n) is 4.44. The lowest BCUT2D eigenvalue weighted by Gasteiger charge is -2.33. The van der Waals surface area contributed by atoms with Gasteiger partial charge in [0, 0.05) is 32.7 Å². The first kappa shape index (κ1) is 14.8. The molecule has 0 aromatic carbocycles. The summed E-state index contributed by atoms with van der Waals surface area (Å²) in [6.07, 6.45) is 1.81. The van der Waals surface area contributed by atoms with Crippen molar-refractivity contribution in [1.29, 1.82) is 0 Å². The van der Waals surface area contributed by atoms with Crippen molar-refractivity contribution in [3.8, 4) is 0 Å². The second-order valence-corrected chi connectivity index (χ2v) is 4.44. The first-order chi connectivity index (χ1) is 8.67. The first-order valence-corrected chi connectivity index (χ1v) is 6.49. The van der Waals surface area contributed by atoms with Gasteiger partial charge in [-0.2, -0.15) is 0 Å². The molecule has 2 amide bonds. The summed E-state index contributed by atoms with van der Waals surface area (Å²) in [4.78, 5) is 26.6. The van der Waals surface area contributed by atoms with Crippen molar-refractivity contribution in [2.45, 2.75) is 19.8 Å². The summed E-state index contributed by atoms with van der Waals surface area (Å²) in [5.41, 5.74) is 0. The summed E-state index contributed by atoms with van der Waals surface area (Å²) in [6.45, 7) is 5.94. The van der Waals surface area contributed by atoms with Crippen LogP contribution in [0.4, 0.5) is 4.79 Å². The zero-order valence-corrected chi connectivity index (χ0v) is 11.3. The molecule has 6 nitrogen and oxygen atoms in total. The number of unbranched alkanes of at least 4 members (excludes halogenated alkanes) is 1. The lowest BCUT2D eigenvalue weighted by Crippen LogP contribution is -2.51. The molecule has 0 aromatic rings. The molecule has 1 aliphatic heterocycles. The molecule has 0 bridgehead atoms. The Morgan fingerprint density at radius 3 is 2.44 bits per heavy atom. The highest BCUT2D eigenvalue weighted by Crippen LogP contribution is 2.02. The summed E-state index contributed by atoms with van der Waals surface area (Å²) in [6, 6.07) is 0. The molecule has 1 N–H and O–H groups in total. The monoisotopic (exact) mass is 257 g/mol. The van der Waals surface area contributed by atoms with E-state index in [4.69, 9.17) is 0 Å². The zero-order chi connectivity index (χ0) is 13.4. The number of hydrogen-bond acceptors (Lipinski definition) is 4. The Kier molecular flexibility index (Phi) is 6.49. The number of hydrogen-bond donors (Lipinski definition) is 1. The zero-order valence-electron chi connectivity index (χ0n) is 11.3. The number of piperazine rings is 1. The second kappa shape index (κ2) is 7.92. The van der Waals surface area contributed by atoms with E-state index < -0.39 is 0 Å². The molecule has 1 heterocycles. The Hall–Kier alpha value is -1.30. The van der Waals surface area contributed by atoms with E-state index >= 15 is 0 Å². The van der Waals surface area contributed by atoms with Crippen molar-refractivity contribution < 1.29 is 14.3 Å². The third-order valence-corrected chi connectivity index (χ3v) is 3.02. The van der Waals surface area contributed by atoms with Gasteiger partial charge in [-0.1, -0.05) is 13.3 Å². The van der Waals surface area contributed by atoms with Crippen LogP contribution < -0.4 is 5.32 Å². The number of methoxy groups -OCH3 is 1. The Labute approximate surface area is 108 Å². The fraction of sp³-hybridized carbons (Fsp3) is 0.833. The molecule has 18 heavy (non-hydrogen) atoms. The summed E-state index contributed by atoms with van der Waals surface area (Å²) < 4.78 is 4.66. The van der Waals surface area contributed by atoms with Gasteiger partial charge < -0.3 is 15.0 Å². The fourth-order valence-corrected chi connectivity index (χ4v) is 1.88. The van der Waals surface area contributed by atoms with Gasteiger partial charge in [-0.15, -0.1) is 0 Å². The number of amides is 2. The standard InChI is InChI=1S/C12H23N3O3/c1-3-4-5-13-11(16)10-14-6-8-15(9-7-14)12(17)18-2/h3-10H2,1-2H3,(H,13,16). The Morgan fingerprint density at radius 1 is 1.22 bits per heavy atom. The van der Waals surface area contributed by atoms with Crippen LogP contribution in [0.3, 0.4) is 0 Å². The van der Waals surface area contributed by atoms with Gasteiger partial charge in [-0.05, 0) is 6.42 Å². The highest BCUT2D eigenvalue weighted by molar-refractivity contribution is 5.78. The summed E-state index contributed by atoms with van der Waals surface area (Å²) >= 11 is 0. The number of ether oxygens (including phenoxy) is 1. The highest BCUT2D eigenvalue weighted by Gasteiger charge is 2.22. The van der Waals surface area contributed by atoms with Crippen LogP contribution in [-0.2, 0) is 9.53 Å². The average molecular weight is 257 g/mol. The lowest BCUT2D eigenvalue weighted by molar-refractivity contribution is -0.122. The molecule has 0 radical (unpaired) electrons. The van der Waals surface area contributed by atoms with E-state index in [9.17, 15) is 9.59 Å². The summed E-state index contributed by atoms with van der Waals surface area (Å²) in [7, 11) is 1.38. The summed E-state index contributed by atoms with van der Waals surface area (Å²) in [5, 5.41) is 2.89. The van der Waals surface area contributed by atoms with Crippen molar-refractivity contribution in [3.63, 3.8) is 0 Å². The molecule has 6 heteroatoms. The molecular weight excluding hydrogens is 234 g/mol. The molecule has 0 aromatic heterocycles. The number of rotatable bonds is 5. The molecule has 1 fully saturated rings. The number of carbonyl (C=O) groups is 2. The van der Waals surface area contributed by atoms with Crippen molar-refractivity contribution in [3.05, 3.63) is 0 Å². The van der Waals surface area contributed by atoms with E-state index in [1.54, 1.807) is 4.90 Å². The van der Waals surface area contributed by atoms with Crippen LogP contribution in [0.2, 0.25) is 0 Å². The van der Waals surface area contributed by atoms with Crippen LogP contribution in [0.25, 0.3) is 0 Å². The van der Waals surface area contributed by atoms with Crippen molar-refractivity contribution in [2.75, 3.05) is 46.4 Å². The predicted octanol–water partition coefficient (Wildman–Crippen LogP) is 0.287. The molecule has 1 saturated heterocycles. The van der Waals surface area contributed by atoms with E-state index in [0.29, 0.717) is 19.6 Å². The molecule has 0 saturated carbocycles. The SMILES string of the molecule is CCCCNC(=O)CN1CCN(C(=O)OC)CC1. The van der Waals surface area contributed by atoms with Crippen LogP contribution in [0, 0.1) is 0 Å². The molecule has 0 atom stereocenters. The number of carbonyl (C=O) groups excluding carboxylic acids is 2. The third kappa shape index (κ3) is 4.91. The molecule has 0 unspecified atom stereocenters. The maximum atomic E-state index is 11.6. The van der Waals surface area contributed by atoms with E-state index in [1.165, 1.54) is 7.11 Å². The van der Waals surface area contributed by atoms with Gasteiger partial charge in [-0.3, -0.25) is 9.69 Å². The Morgan fingerprint density at radius 2 is 1.89 bits per heavy atom. The average Bonchev–Trinajstić information content (AvgIpc) is 2.39. The van der Waals surface area contributed by atoms with Crippen LogP contribution in [-0.4, -0.2) is 68.2 Å². The smallest absolute Gasteiger partial charge is 0.409 e. The van der Waals surface area contributed by atoms with Crippen molar-refractivity contribution >= 4 is 12.0 Å².